The summed E-state index contributed by atoms with van der Waals surface area (Å²) >= 11 is 0. The van der Waals surface area contributed by atoms with Gasteiger partial charge in [-0.1, -0.05) is 0 Å². The molecule has 0 atom stereocenters. The Morgan fingerprint density at radius 3 is 2.86 bits per heavy atom. The second-order valence-electron chi connectivity index (χ2n) is 6.91. The van der Waals surface area contributed by atoms with Crippen molar-refractivity contribution in [2.75, 3.05) is 38.3 Å². The molecule has 146 valence electrons. The molecule has 1 aromatic carbocycles. The largest absolute Gasteiger partial charge is 0.424 e. The molecule has 28 heavy (non-hydrogen) atoms. The lowest BCUT2D eigenvalue weighted by atomic mass is 10.1. The highest BCUT2D eigenvalue weighted by atomic mass is 16.4. The molecule has 0 saturated heterocycles. The van der Waals surface area contributed by atoms with Gasteiger partial charge in [0.15, 0.2) is 11.2 Å². The van der Waals surface area contributed by atoms with Crippen LogP contribution in [-0.4, -0.2) is 52.4 Å². The monoisotopic (exact) mass is 380 g/mol. The number of hydrogen-bond donors (Lipinski definition) is 2. The molecule has 3 aromatic heterocycles. The molecular formula is C19H24N8O. The van der Waals surface area contributed by atoms with E-state index in [0.29, 0.717) is 11.1 Å². The van der Waals surface area contributed by atoms with E-state index in [2.05, 4.69) is 20.3 Å². The molecule has 3 heterocycles. The van der Waals surface area contributed by atoms with Crippen molar-refractivity contribution in [3.63, 3.8) is 0 Å². The molecular weight excluding hydrogens is 356 g/mol. The summed E-state index contributed by atoms with van der Waals surface area (Å²) < 4.78 is 7.36. The number of hydrogen-bond acceptors (Lipinski definition) is 8. The molecule has 0 saturated carbocycles. The minimum Gasteiger partial charge on any atom is -0.424 e. The lowest BCUT2D eigenvalue weighted by Gasteiger charge is -2.12. The first-order valence-corrected chi connectivity index (χ1v) is 9.28. The van der Waals surface area contributed by atoms with Crippen molar-refractivity contribution in [2.24, 2.45) is 0 Å². The van der Waals surface area contributed by atoms with Gasteiger partial charge in [0.05, 0.1) is 5.39 Å². The van der Waals surface area contributed by atoms with Gasteiger partial charge >= 0.3 is 0 Å². The van der Waals surface area contributed by atoms with Crippen LogP contribution < -0.4 is 16.0 Å². The standard InChI is InChI=1S/C19H24N8O/c1-21-8-4-5-9-27-18-15(17(26(2)3)22-11-23-18)16(25-27)12-6-7-14-13(10-12)24-19(20)28-14/h6-7,10-11,21H,4-5,8-9H2,1-3H3,(H2,20,24). The Hall–Kier alpha value is -3.20. The van der Waals surface area contributed by atoms with Gasteiger partial charge in [-0.05, 0) is 44.6 Å². The number of nitrogen functional groups attached to an aromatic ring is 1. The molecule has 0 amide bonds. The van der Waals surface area contributed by atoms with Gasteiger partial charge in [0.1, 0.15) is 23.4 Å². The first-order valence-electron chi connectivity index (χ1n) is 9.28. The van der Waals surface area contributed by atoms with Crippen molar-refractivity contribution in [3.05, 3.63) is 24.5 Å². The van der Waals surface area contributed by atoms with Crippen LogP contribution in [-0.2, 0) is 6.54 Å². The summed E-state index contributed by atoms with van der Waals surface area (Å²) in [6.45, 7) is 1.77. The van der Waals surface area contributed by atoms with Gasteiger partial charge in [0, 0.05) is 26.2 Å². The summed E-state index contributed by atoms with van der Waals surface area (Å²) in [6.07, 6.45) is 3.68. The van der Waals surface area contributed by atoms with E-state index in [-0.39, 0.29) is 6.01 Å². The number of unbranched alkanes of at least 4 members (excludes halogenated alkanes) is 1. The molecule has 4 aromatic rings. The molecule has 0 spiro atoms. The van der Waals surface area contributed by atoms with Gasteiger partial charge in [-0.3, -0.25) is 0 Å². The Kier molecular flexibility index (Phi) is 4.82. The van der Waals surface area contributed by atoms with Gasteiger partial charge < -0.3 is 20.4 Å². The molecule has 9 nitrogen and oxygen atoms in total. The van der Waals surface area contributed by atoms with E-state index < -0.39 is 0 Å². The van der Waals surface area contributed by atoms with Crippen LogP contribution in [0.25, 0.3) is 33.4 Å². The van der Waals surface area contributed by atoms with Crippen molar-refractivity contribution in [1.29, 1.82) is 0 Å². The number of aryl methyl sites for hydroxylation is 1. The number of benzene rings is 1. The molecule has 0 aliphatic carbocycles. The second kappa shape index (κ2) is 7.43. The van der Waals surface area contributed by atoms with E-state index in [4.69, 9.17) is 15.2 Å². The maximum atomic E-state index is 5.69. The molecule has 0 aliphatic heterocycles. The minimum atomic E-state index is 0.157. The predicted molar refractivity (Wildman–Crippen MR) is 110 cm³/mol. The number of oxazole rings is 1. The van der Waals surface area contributed by atoms with Crippen LogP contribution in [0.4, 0.5) is 11.8 Å². The maximum absolute atomic E-state index is 5.69. The average molecular weight is 380 g/mol. The first-order chi connectivity index (χ1) is 13.6. The fourth-order valence-corrected chi connectivity index (χ4v) is 3.35. The Balaban J connectivity index is 1.85. The topological polar surface area (TPSA) is 111 Å². The van der Waals surface area contributed by atoms with E-state index >= 15 is 0 Å². The SMILES string of the molecule is CNCCCCn1nc(-c2ccc3oc(N)nc3c2)c2c(N(C)C)ncnc21. The first kappa shape index (κ1) is 18.2. The number of nitrogens with zero attached hydrogens (tertiary/aromatic N) is 6. The number of fused-ring (bicyclic) bond motifs is 2. The van der Waals surface area contributed by atoms with Crippen molar-refractivity contribution in [2.45, 2.75) is 19.4 Å². The van der Waals surface area contributed by atoms with E-state index in [1.807, 2.05) is 48.9 Å². The van der Waals surface area contributed by atoms with Gasteiger partial charge in [-0.25, -0.2) is 14.6 Å². The number of anilines is 2. The second-order valence-corrected chi connectivity index (χ2v) is 6.91. The Labute approximate surface area is 162 Å². The zero-order valence-corrected chi connectivity index (χ0v) is 16.3. The summed E-state index contributed by atoms with van der Waals surface area (Å²) in [4.78, 5) is 15.2. The maximum Gasteiger partial charge on any atom is 0.292 e. The van der Waals surface area contributed by atoms with Gasteiger partial charge in [0.25, 0.3) is 6.01 Å². The predicted octanol–water partition coefficient (Wildman–Crippen LogP) is 2.28. The van der Waals surface area contributed by atoms with Crippen molar-refractivity contribution in [3.8, 4) is 11.3 Å². The highest BCUT2D eigenvalue weighted by Crippen LogP contribution is 2.34. The van der Waals surface area contributed by atoms with E-state index in [9.17, 15) is 0 Å². The van der Waals surface area contributed by atoms with Gasteiger partial charge in [0.2, 0.25) is 0 Å². The molecule has 0 radical (unpaired) electrons. The summed E-state index contributed by atoms with van der Waals surface area (Å²) in [5.41, 5.74) is 9.64. The molecule has 0 aliphatic rings. The summed E-state index contributed by atoms with van der Waals surface area (Å²) in [5.74, 6) is 0.834. The van der Waals surface area contributed by atoms with Crippen molar-refractivity contribution < 1.29 is 4.42 Å². The number of nitrogens with two attached hydrogens (primary N) is 1. The highest BCUT2D eigenvalue weighted by Gasteiger charge is 2.20. The van der Waals surface area contributed by atoms with Crippen molar-refractivity contribution in [1.82, 2.24) is 30.0 Å². The van der Waals surface area contributed by atoms with Crippen LogP contribution in [0, 0.1) is 0 Å². The molecule has 9 heteroatoms. The molecule has 3 N–H and O–H groups in total. The van der Waals surface area contributed by atoms with Crippen molar-refractivity contribution >= 4 is 34.0 Å². The van der Waals surface area contributed by atoms with Crippen LogP contribution in [0.15, 0.2) is 28.9 Å². The third-order valence-corrected chi connectivity index (χ3v) is 4.66. The van der Waals surface area contributed by atoms with Gasteiger partial charge in [-0.2, -0.15) is 10.1 Å². The third-order valence-electron chi connectivity index (χ3n) is 4.66. The number of nitrogens with one attached hydrogen (secondary N) is 1. The van der Waals surface area contributed by atoms with Crippen LogP contribution in [0.3, 0.4) is 0 Å². The highest BCUT2D eigenvalue weighted by molar-refractivity contribution is 6.00. The zero-order chi connectivity index (χ0) is 19.7. The van der Waals surface area contributed by atoms with Crippen LogP contribution in [0.2, 0.25) is 0 Å². The van der Waals surface area contributed by atoms with Crippen LogP contribution in [0.5, 0.6) is 0 Å². The number of aromatic nitrogens is 5. The van der Waals surface area contributed by atoms with Crippen LogP contribution in [0.1, 0.15) is 12.8 Å². The molecule has 0 fully saturated rings. The van der Waals surface area contributed by atoms with Gasteiger partial charge in [-0.15, -0.1) is 0 Å². The average Bonchev–Trinajstić information content (AvgIpc) is 3.24. The lowest BCUT2D eigenvalue weighted by Crippen LogP contribution is -2.12. The van der Waals surface area contributed by atoms with E-state index in [1.165, 1.54) is 0 Å². The van der Waals surface area contributed by atoms with E-state index in [0.717, 1.165) is 54.0 Å². The van der Waals surface area contributed by atoms with E-state index in [1.54, 1.807) is 6.33 Å². The lowest BCUT2D eigenvalue weighted by molar-refractivity contribution is 0.558. The zero-order valence-electron chi connectivity index (χ0n) is 16.3. The summed E-state index contributed by atoms with van der Waals surface area (Å²) in [5, 5.41) is 9.00. The summed E-state index contributed by atoms with van der Waals surface area (Å²) in [7, 11) is 5.90. The smallest absolute Gasteiger partial charge is 0.292 e. The molecule has 0 unspecified atom stereocenters. The molecule has 4 rings (SSSR count). The minimum absolute atomic E-state index is 0.157. The normalized spacial score (nSPS) is 11.5. The molecule has 0 bridgehead atoms. The Morgan fingerprint density at radius 1 is 1.21 bits per heavy atom. The third kappa shape index (κ3) is 3.24. The fraction of sp³-hybridized carbons (Fsp3) is 0.368. The Morgan fingerprint density at radius 2 is 2.07 bits per heavy atom. The fourth-order valence-electron chi connectivity index (χ4n) is 3.35. The quantitative estimate of drug-likeness (QED) is 0.470. The Bertz CT molecular complexity index is 1110. The number of rotatable bonds is 7. The summed E-state index contributed by atoms with van der Waals surface area (Å²) in [6, 6.07) is 5.93. The van der Waals surface area contributed by atoms with Crippen LogP contribution >= 0.6 is 0 Å².